The summed E-state index contributed by atoms with van der Waals surface area (Å²) in [4.78, 5) is 26.2. The fourth-order valence-corrected chi connectivity index (χ4v) is 4.99. The van der Waals surface area contributed by atoms with Crippen molar-refractivity contribution in [2.75, 3.05) is 24.2 Å². The SMILES string of the molecule is CC(=O)Nc1cc(Oc2cnc3nc(Nc4cc(C5CCCN5C)cc(C(F)(F)F)c4)n(C)c3c2Cl)ccn1. The largest absolute Gasteiger partial charge is 0.454 e. The van der Waals surface area contributed by atoms with Crippen LogP contribution in [0.2, 0.25) is 5.02 Å². The Morgan fingerprint density at radius 2 is 1.97 bits per heavy atom. The number of amides is 1. The molecule has 0 radical (unpaired) electrons. The van der Waals surface area contributed by atoms with Crippen LogP contribution in [0.3, 0.4) is 0 Å². The molecule has 1 aliphatic rings. The summed E-state index contributed by atoms with van der Waals surface area (Å²) in [6, 6.07) is 7.03. The molecule has 1 aliphatic heterocycles. The third kappa shape index (κ3) is 5.62. The Bertz CT molecular complexity index is 1560. The van der Waals surface area contributed by atoms with Gasteiger partial charge in [-0.1, -0.05) is 11.6 Å². The van der Waals surface area contributed by atoms with Crippen molar-refractivity contribution >= 4 is 46.1 Å². The molecule has 2 N–H and O–H groups in total. The number of imidazole rings is 1. The fourth-order valence-electron chi connectivity index (χ4n) is 4.69. The van der Waals surface area contributed by atoms with Crippen molar-refractivity contribution in [1.29, 1.82) is 0 Å². The van der Waals surface area contributed by atoms with Gasteiger partial charge < -0.3 is 19.9 Å². The summed E-state index contributed by atoms with van der Waals surface area (Å²) in [6.07, 6.45) is 0.0838. The first-order chi connectivity index (χ1) is 18.5. The van der Waals surface area contributed by atoms with Crippen molar-refractivity contribution in [3.05, 3.63) is 58.9 Å². The third-order valence-corrected chi connectivity index (χ3v) is 6.88. The van der Waals surface area contributed by atoms with Crippen LogP contribution in [-0.4, -0.2) is 43.9 Å². The number of pyridine rings is 2. The summed E-state index contributed by atoms with van der Waals surface area (Å²) in [7, 11) is 3.59. The Hall–Kier alpha value is -3.90. The minimum atomic E-state index is -4.50. The Morgan fingerprint density at radius 3 is 2.67 bits per heavy atom. The lowest BCUT2D eigenvalue weighted by molar-refractivity contribution is -0.137. The van der Waals surface area contributed by atoms with Crippen molar-refractivity contribution in [1.82, 2.24) is 24.4 Å². The van der Waals surface area contributed by atoms with Gasteiger partial charge in [0, 0.05) is 38.0 Å². The molecule has 1 fully saturated rings. The number of aryl methyl sites for hydroxylation is 1. The number of halogens is 4. The van der Waals surface area contributed by atoms with Gasteiger partial charge in [-0.3, -0.25) is 9.69 Å². The maximum Gasteiger partial charge on any atom is 0.416 e. The molecule has 1 saturated heterocycles. The molecule has 1 aromatic carbocycles. The van der Waals surface area contributed by atoms with Crippen LogP contribution in [0.25, 0.3) is 11.2 Å². The number of anilines is 3. The van der Waals surface area contributed by atoms with Gasteiger partial charge in [-0.15, -0.1) is 0 Å². The summed E-state index contributed by atoms with van der Waals surface area (Å²) in [5, 5.41) is 5.80. The van der Waals surface area contributed by atoms with Crippen molar-refractivity contribution < 1.29 is 22.7 Å². The van der Waals surface area contributed by atoms with Gasteiger partial charge in [-0.25, -0.2) is 9.97 Å². The van der Waals surface area contributed by atoms with Crippen molar-refractivity contribution in [2.45, 2.75) is 32.0 Å². The second-order valence-corrected chi connectivity index (χ2v) is 9.75. The van der Waals surface area contributed by atoms with Crippen molar-refractivity contribution in [3.63, 3.8) is 0 Å². The first kappa shape index (κ1) is 26.7. The molecule has 0 bridgehead atoms. The average molecular weight is 560 g/mol. The van der Waals surface area contributed by atoms with Gasteiger partial charge in [0.2, 0.25) is 11.9 Å². The minimum Gasteiger partial charge on any atom is -0.454 e. The number of rotatable bonds is 6. The summed E-state index contributed by atoms with van der Waals surface area (Å²) in [5.74, 6) is 0.883. The normalized spacial score (nSPS) is 16.0. The average Bonchev–Trinajstić information content (AvgIpc) is 3.43. The number of carbonyl (C=O) groups is 1. The Kier molecular flexibility index (Phi) is 7.08. The van der Waals surface area contributed by atoms with Gasteiger partial charge in [0.15, 0.2) is 11.4 Å². The van der Waals surface area contributed by atoms with E-state index in [0.29, 0.717) is 22.6 Å². The molecular weight excluding hydrogens is 535 g/mol. The van der Waals surface area contributed by atoms with E-state index < -0.39 is 11.7 Å². The van der Waals surface area contributed by atoms with Crippen LogP contribution in [0.15, 0.2) is 42.7 Å². The van der Waals surface area contributed by atoms with Crippen LogP contribution in [0, 0.1) is 0 Å². The zero-order chi connectivity index (χ0) is 27.9. The van der Waals surface area contributed by atoms with E-state index in [2.05, 4.69) is 30.5 Å². The first-order valence-corrected chi connectivity index (χ1v) is 12.5. The van der Waals surface area contributed by atoms with Gasteiger partial charge in [0.1, 0.15) is 22.1 Å². The zero-order valence-electron chi connectivity index (χ0n) is 21.3. The number of alkyl halides is 3. The molecule has 204 valence electrons. The second-order valence-electron chi connectivity index (χ2n) is 9.37. The molecule has 5 rings (SSSR count). The van der Waals surface area contributed by atoms with E-state index in [4.69, 9.17) is 16.3 Å². The highest BCUT2D eigenvalue weighted by Crippen LogP contribution is 2.39. The van der Waals surface area contributed by atoms with E-state index >= 15 is 0 Å². The van der Waals surface area contributed by atoms with Crippen LogP contribution < -0.4 is 15.4 Å². The first-order valence-electron chi connectivity index (χ1n) is 12.1. The van der Waals surface area contributed by atoms with Crippen molar-refractivity contribution in [2.24, 2.45) is 7.05 Å². The number of ether oxygens (including phenoxy) is 1. The number of nitrogens with one attached hydrogen (secondary N) is 2. The van der Waals surface area contributed by atoms with E-state index in [0.717, 1.165) is 25.5 Å². The number of aromatic nitrogens is 4. The lowest BCUT2D eigenvalue weighted by Crippen LogP contribution is -2.18. The zero-order valence-corrected chi connectivity index (χ0v) is 22.1. The lowest BCUT2D eigenvalue weighted by atomic mass is 10.0. The quantitative estimate of drug-likeness (QED) is 0.286. The Balaban J connectivity index is 1.47. The topological polar surface area (TPSA) is 97.2 Å². The molecule has 4 aromatic rings. The van der Waals surface area contributed by atoms with Gasteiger partial charge in [-0.05, 0) is 56.3 Å². The van der Waals surface area contributed by atoms with Crippen LogP contribution in [-0.2, 0) is 18.0 Å². The van der Waals surface area contributed by atoms with Crippen molar-refractivity contribution in [3.8, 4) is 11.5 Å². The van der Waals surface area contributed by atoms with Gasteiger partial charge in [0.05, 0.1) is 11.8 Å². The molecule has 0 spiro atoms. The smallest absolute Gasteiger partial charge is 0.416 e. The van der Waals surface area contributed by atoms with Gasteiger partial charge >= 0.3 is 6.18 Å². The highest BCUT2D eigenvalue weighted by Gasteiger charge is 2.33. The highest BCUT2D eigenvalue weighted by molar-refractivity contribution is 6.36. The summed E-state index contributed by atoms with van der Waals surface area (Å²) in [6.45, 7) is 2.20. The molecule has 13 heteroatoms. The van der Waals surface area contributed by atoms with Crippen LogP contribution in [0.1, 0.15) is 36.9 Å². The number of carbonyl (C=O) groups excluding carboxylic acids is 1. The number of likely N-dealkylation sites (tertiary alicyclic amines) is 1. The Labute approximate surface area is 227 Å². The Morgan fingerprint density at radius 1 is 1.18 bits per heavy atom. The lowest BCUT2D eigenvalue weighted by Gasteiger charge is -2.22. The highest BCUT2D eigenvalue weighted by atomic mass is 35.5. The van der Waals surface area contributed by atoms with Crippen LogP contribution in [0.4, 0.5) is 30.6 Å². The number of benzene rings is 1. The van der Waals surface area contributed by atoms with E-state index in [9.17, 15) is 18.0 Å². The number of hydrogen-bond acceptors (Lipinski definition) is 7. The molecule has 4 heterocycles. The summed E-state index contributed by atoms with van der Waals surface area (Å²) in [5.41, 5.74) is 0.830. The molecule has 1 amide bonds. The fraction of sp³-hybridized carbons (Fsp3) is 0.308. The molecule has 9 nitrogen and oxygen atoms in total. The summed E-state index contributed by atoms with van der Waals surface area (Å²) < 4.78 is 48.7. The van der Waals surface area contributed by atoms with Gasteiger partial charge in [0.25, 0.3) is 0 Å². The van der Waals surface area contributed by atoms with E-state index in [1.54, 1.807) is 23.7 Å². The number of nitrogens with zero attached hydrogens (tertiary/aromatic N) is 5. The maximum atomic E-state index is 13.8. The maximum absolute atomic E-state index is 13.8. The standard InChI is InChI=1S/C26H25ClF3N7O2/c1-14(38)33-21-12-18(6-7-31-21)39-20-13-32-24-23(22(20)27)37(3)25(35-24)34-17-10-15(19-5-4-8-36(19)2)9-16(11-17)26(28,29)30/h6-7,9-13,19H,4-5,8H2,1-3H3,(H,31,33,38)(H,32,34,35). The predicted molar refractivity (Wildman–Crippen MR) is 141 cm³/mol. The molecular formula is C26H25ClF3N7O2. The molecule has 1 unspecified atom stereocenters. The van der Waals surface area contributed by atoms with E-state index in [-0.39, 0.29) is 40.0 Å². The van der Waals surface area contributed by atoms with E-state index in [1.165, 1.54) is 31.5 Å². The molecule has 39 heavy (non-hydrogen) atoms. The van der Waals surface area contributed by atoms with E-state index in [1.807, 2.05) is 7.05 Å². The summed E-state index contributed by atoms with van der Waals surface area (Å²) >= 11 is 6.66. The van der Waals surface area contributed by atoms with Gasteiger partial charge in [-0.2, -0.15) is 18.2 Å². The second kappa shape index (κ2) is 10.3. The third-order valence-electron chi connectivity index (χ3n) is 6.51. The molecule has 1 atom stereocenters. The van der Waals surface area contributed by atoms with Crippen LogP contribution >= 0.6 is 11.6 Å². The molecule has 3 aromatic heterocycles. The number of fused-ring (bicyclic) bond motifs is 1. The monoisotopic (exact) mass is 559 g/mol. The number of hydrogen-bond donors (Lipinski definition) is 2. The predicted octanol–water partition coefficient (Wildman–Crippen LogP) is 6.30. The minimum absolute atomic E-state index is 0.0940. The van der Waals surface area contributed by atoms with Crippen LogP contribution in [0.5, 0.6) is 11.5 Å². The molecule has 0 saturated carbocycles. The molecule has 0 aliphatic carbocycles.